The Balaban J connectivity index is 1.76. The van der Waals surface area contributed by atoms with Crippen molar-refractivity contribution in [3.8, 4) is 0 Å². The van der Waals surface area contributed by atoms with E-state index in [1.165, 1.54) is 0 Å². The van der Waals surface area contributed by atoms with E-state index in [-0.39, 0.29) is 15.1 Å². The second-order valence-electron chi connectivity index (χ2n) is 7.89. The van der Waals surface area contributed by atoms with E-state index in [1.807, 2.05) is 36.0 Å². The zero-order chi connectivity index (χ0) is 24.0. The van der Waals surface area contributed by atoms with Crippen molar-refractivity contribution in [2.24, 2.45) is 0 Å². The number of hydrogen-bond donors (Lipinski definition) is 3. The second-order valence-corrected chi connectivity index (χ2v) is 13.0. The smallest absolute Gasteiger partial charge is 0.307 e. The number of aromatic nitrogens is 1. The average molecular weight is 508 g/mol. The number of nitrogens with one attached hydrogen (secondary N) is 2. The van der Waals surface area contributed by atoms with Gasteiger partial charge in [-0.05, 0) is 36.3 Å². The van der Waals surface area contributed by atoms with Crippen LogP contribution in [-0.2, 0) is 15.6 Å². The first-order valence-corrected chi connectivity index (χ1v) is 15.1. The molecular formula is C23H29N3O4S3. The van der Waals surface area contributed by atoms with Gasteiger partial charge in [0.25, 0.3) is 0 Å². The van der Waals surface area contributed by atoms with Crippen molar-refractivity contribution in [2.45, 2.75) is 49.5 Å². The number of amides is 2. The third kappa shape index (κ3) is 7.02. The van der Waals surface area contributed by atoms with Crippen molar-refractivity contribution in [3.05, 3.63) is 58.0 Å². The number of ketones is 1. The standard InChI is InChI=1S/C23H29N3O4S3/c1-4-5-6-9-20(27)17-14-16(2)10-11-18(17)24-22(28)26-23-25-19(15-32-12-7-8-13-32)21(31-23)33(3,29)30/h7-8,10-14,32H,4-6,9,15H2,1-3H3,(H2,24,25,26,28). The number of allylic oxidation sites excluding steroid dienone is 2. The molecule has 0 spiro atoms. The lowest BCUT2D eigenvalue weighted by atomic mass is 10.0. The normalized spacial score (nSPS) is 14.0. The van der Waals surface area contributed by atoms with Crippen molar-refractivity contribution >= 4 is 54.7 Å². The first-order chi connectivity index (χ1) is 15.7. The molecule has 7 nitrogen and oxygen atoms in total. The van der Waals surface area contributed by atoms with Crippen LogP contribution in [0.2, 0.25) is 0 Å². The summed E-state index contributed by atoms with van der Waals surface area (Å²) in [5.74, 6) is 0.483. The summed E-state index contributed by atoms with van der Waals surface area (Å²) < 4.78 is 24.7. The topological polar surface area (TPSA) is 105 Å². The first kappa shape index (κ1) is 25.2. The van der Waals surface area contributed by atoms with Crippen LogP contribution in [0.3, 0.4) is 0 Å². The molecule has 0 saturated heterocycles. The summed E-state index contributed by atoms with van der Waals surface area (Å²) >= 11 is 0.939. The van der Waals surface area contributed by atoms with Gasteiger partial charge in [0.1, 0.15) is 4.21 Å². The Labute approximate surface area is 201 Å². The number of anilines is 2. The highest BCUT2D eigenvalue weighted by molar-refractivity contribution is 8.21. The maximum atomic E-state index is 12.7. The molecule has 1 aromatic carbocycles. The highest BCUT2D eigenvalue weighted by Gasteiger charge is 2.22. The van der Waals surface area contributed by atoms with Crippen molar-refractivity contribution in [2.75, 3.05) is 16.9 Å². The van der Waals surface area contributed by atoms with Gasteiger partial charge in [0.15, 0.2) is 20.8 Å². The van der Waals surface area contributed by atoms with Crippen molar-refractivity contribution in [3.63, 3.8) is 0 Å². The van der Waals surface area contributed by atoms with Gasteiger partial charge < -0.3 is 5.32 Å². The number of Topliss-reactive ketones (excluding diaryl/α,β-unsaturated/α-hetero) is 1. The molecule has 2 heterocycles. The molecule has 1 aromatic heterocycles. The average Bonchev–Trinajstić information content (AvgIpc) is 3.39. The summed E-state index contributed by atoms with van der Waals surface area (Å²) in [6.07, 6.45) is 8.24. The lowest BCUT2D eigenvalue weighted by molar-refractivity contribution is 0.0980. The molecular weight excluding hydrogens is 478 g/mol. The van der Waals surface area contributed by atoms with Crippen LogP contribution < -0.4 is 10.6 Å². The predicted octanol–water partition coefficient (Wildman–Crippen LogP) is 5.80. The van der Waals surface area contributed by atoms with E-state index in [4.69, 9.17) is 0 Å². The predicted molar refractivity (Wildman–Crippen MR) is 138 cm³/mol. The minimum atomic E-state index is -3.48. The molecule has 2 N–H and O–H groups in total. The fourth-order valence-electron chi connectivity index (χ4n) is 3.35. The third-order valence-electron chi connectivity index (χ3n) is 4.95. The Morgan fingerprint density at radius 2 is 1.85 bits per heavy atom. The highest BCUT2D eigenvalue weighted by Crippen LogP contribution is 2.40. The Hall–Kier alpha value is -2.43. The van der Waals surface area contributed by atoms with E-state index in [1.54, 1.807) is 12.1 Å². The summed E-state index contributed by atoms with van der Waals surface area (Å²) in [4.78, 5) is 29.8. The van der Waals surface area contributed by atoms with Crippen LogP contribution in [-0.4, -0.2) is 31.5 Å². The molecule has 33 heavy (non-hydrogen) atoms. The van der Waals surface area contributed by atoms with E-state index in [2.05, 4.69) is 22.5 Å². The molecule has 0 fully saturated rings. The fraction of sp³-hybridized carbons (Fsp3) is 0.348. The molecule has 178 valence electrons. The largest absolute Gasteiger partial charge is 0.325 e. The molecule has 0 atom stereocenters. The van der Waals surface area contributed by atoms with E-state index < -0.39 is 26.8 Å². The number of nitrogens with zero attached hydrogens (tertiary/aromatic N) is 1. The molecule has 10 heteroatoms. The lowest BCUT2D eigenvalue weighted by Gasteiger charge is -2.11. The van der Waals surface area contributed by atoms with Crippen LogP contribution in [0, 0.1) is 6.92 Å². The molecule has 0 saturated carbocycles. The number of aryl methyl sites for hydroxylation is 1. The minimum absolute atomic E-state index is 0.0154. The summed E-state index contributed by atoms with van der Waals surface area (Å²) in [5.41, 5.74) is 2.28. The van der Waals surface area contributed by atoms with Gasteiger partial charge in [-0.1, -0.05) is 54.9 Å². The maximum Gasteiger partial charge on any atom is 0.325 e. The minimum Gasteiger partial charge on any atom is -0.307 e. The van der Waals surface area contributed by atoms with Gasteiger partial charge in [0, 0.05) is 24.0 Å². The van der Waals surface area contributed by atoms with Gasteiger partial charge in [0.2, 0.25) is 0 Å². The number of carbonyl (C=O) groups excluding carboxylic acids is 2. The van der Waals surface area contributed by atoms with Crippen LogP contribution in [0.15, 0.2) is 45.4 Å². The van der Waals surface area contributed by atoms with Crippen LogP contribution in [0.4, 0.5) is 15.6 Å². The summed E-state index contributed by atoms with van der Waals surface area (Å²) in [6.45, 7) is 3.97. The van der Waals surface area contributed by atoms with Crippen LogP contribution in [0.25, 0.3) is 0 Å². The fourth-order valence-corrected chi connectivity index (χ4v) is 7.19. The number of thiazole rings is 1. The van der Waals surface area contributed by atoms with E-state index in [9.17, 15) is 18.0 Å². The van der Waals surface area contributed by atoms with Gasteiger partial charge in [0.05, 0.1) is 11.4 Å². The monoisotopic (exact) mass is 507 g/mol. The number of urea groups is 1. The van der Waals surface area contributed by atoms with E-state index in [0.717, 1.165) is 42.4 Å². The maximum absolute atomic E-state index is 12.7. The summed E-state index contributed by atoms with van der Waals surface area (Å²) in [5, 5.41) is 9.64. The van der Waals surface area contributed by atoms with Gasteiger partial charge in [-0.25, -0.2) is 29.1 Å². The quantitative estimate of drug-likeness (QED) is 0.214. The number of unbranched alkanes of at least 4 members (excludes halogenated alkanes) is 2. The molecule has 1 aliphatic heterocycles. The second kappa shape index (κ2) is 11.1. The number of rotatable bonds is 10. The number of carbonyl (C=O) groups is 2. The third-order valence-corrected chi connectivity index (χ3v) is 9.60. The molecule has 0 bridgehead atoms. The number of thiol groups is 1. The summed E-state index contributed by atoms with van der Waals surface area (Å²) in [6, 6.07) is 4.73. The molecule has 2 aromatic rings. The Morgan fingerprint density at radius 3 is 2.52 bits per heavy atom. The number of sulfone groups is 1. The molecule has 2 amide bonds. The molecule has 3 rings (SSSR count). The van der Waals surface area contributed by atoms with Gasteiger partial charge in [-0.15, -0.1) is 0 Å². The van der Waals surface area contributed by atoms with E-state index in [0.29, 0.717) is 29.1 Å². The van der Waals surface area contributed by atoms with Gasteiger partial charge in [-0.3, -0.25) is 10.1 Å². The zero-order valence-corrected chi connectivity index (χ0v) is 21.4. The molecule has 0 aliphatic carbocycles. The molecule has 0 radical (unpaired) electrons. The lowest BCUT2D eigenvalue weighted by Crippen LogP contribution is -2.21. The van der Waals surface area contributed by atoms with Crippen LogP contribution >= 0.6 is 22.2 Å². The van der Waals surface area contributed by atoms with Crippen LogP contribution in [0.1, 0.15) is 54.2 Å². The van der Waals surface area contributed by atoms with Gasteiger partial charge >= 0.3 is 6.03 Å². The molecule has 0 unspecified atom stereocenters. The Bertz CT molecular complexity index is 1190. The molecule has 1 aliphatic rings. The number of benzene rings is 1. The Morgan fingerprint density at radius 1 is 1.12 bits per heavy atom. The SMILES string of the molecule is CCCCCC(=O)c1cc(C)ccc1NC(=O)Nc1nc(C[SH]2C=CC=C2)c(S(C)(=O)=O)s1. The van der Waals surface area contributed by atoms with Crippen molar-refractivity contribution in [1.29, 1.82) is 0 Å². The zero-order valence-electron chi connectivity index (χ0n) is 18.9. The number of hydrogen-bond acceptors (Lipinski definition) is 6. The first-order valence-electron chi connectivity index (χ1n) is 10.7. The highest BCUT2D eigenvalue weighted by atomic mass is 32.2. The van der Waals surface area contributed by atoms with Crippen molar-refractivity contribution in [1.82, 2.24) is 4.98 Å². The van der Waals surface area contributed by atoms with Gasteiger partial charge in [-0.2, -0.15) is 0 Å². The summed E-state index contributed by atoms with van der Waals surface area (Å²) in [7, 11) is -4.08. The van der Waals surface area contributed by atoms with Crippen LogP contribution in [0.5, 0.6) is 0 Å². The van der Waals surface area contributed by atoms with E-state index >= 15 is 0 Å². The Kier molecular flexibility index (Phi) is 8.50. The van der Waals surface area contributed by atoms with Crippen molar-refractivity contribution < 1.29 is 18.0 Å².